The molecule has 1 N–H and O–H groups in total. The Bertz CT molecular complexity index is 1340. The van der Waals surface area contributed by atoms with Crippen molar-refractivity contribution in [3.63, 3.8) is 0 Å². The van der Waals surface area contributed by atoms with Crippen molar-refractivity contribution in [1.82, 2.24) is 0 Å². The molecule has 0 unspecified atom stereocenters. The number of halogens is 1. The number of nitriles is 2. The first kappa shape index (κ1) is 23.8. The monoisotopic (exact) mass is 531 g/mol. The molecule has 0 saturated carbocycles. The molecule has 34 heavy (non-hydrogen) atoms. The number of nitrogens with one attached hydrogen (secondary N) is 1. The normalized spacial score (nSPS) is 12.9. The number of rotatable bonds is 6. The second-order valence-electron chi connectivity index (χ2n) is 8.11. The lowest BCUT2D eigenvalue weighted by atomic mass is 9.96. The molecule has 170 valence electrons. The van der Waals surface area contributed by atoms with Crippen molar-refractivity contribution in [2.45, 2.75) is 39.2 Å². The average molecular weight is 532 g/mol. The van der Waals surface area contributed by atoms with E-state index in [1.54, 1.807) is 12.1 Å². The second kappa shape index (κ2) is 10.7. The van der Waals surface area contributed by atoms with Gasteiger partial charge in [-0.15, -0.1) is 11.3 Å². The van der Waals surface area contributed by atoms with Crippen LogP contribution in [0.15, 0.2) is 52.5 Å². The molecule has 0 saturated heterocycles. The van der Waals surface area contributed by atoms with Crippen molar-refractivity contribution in [1.29, 1.82) is 10.5 Å². The Morgan fingerprint density at radius 2 is 1.94 bits per heavy atom. The number of benzene rings is 2. The fourth-order valence-corrected chi connectivity index (χ4v) is 5.47. The van der Waals surface area contributed by atoms with Gasteiger partial charge in [0.15, 0.2) is 0 Å². The number of carbonyl (C=O) groups excluding carboxylic acids is 1. The Kier molecular flexibility index (Phi) is 7.47. The van der Waals surface area contributed by atoms with Crippen molar-refractivity contribution in [2.75, 3.05) is 5.32 Å². The van der Waals surface area contributed by atoms with E-state index in [2.05, 4.69) is 27.3 Å². The van der Waals surface area contributed by atoms with Gasteiger partial charge in [0.05, 0.1) is 5.56 Å². The lowest BCUT2D eigenvalue weighted by molar-refractivity contribution is -0.112. The van der Waals surface area contributed by atoms with Crippen LogP contribution in [0.3, 0.4) is 0 Å². The van der Waals surface area contributed by atoms with Gasteiger partial charge < -0.3 is 10.1 Å². The summed E-state index contributed by atoms with van der Waals surface area (Å²) >= 11 is 4.89. The molecule has 1 aliphatic rings. The molecule has 2 aromatic carbocycles. The molecule has 4 rings (SSSR count). The molecule has 0 fully saturated rings. The Balaban J connectivity index is 1.57. The Morgan fingerprint density at radius 3 is 2.68 bits per heavy atom. The number of anilines is 1. The highest BCUT2D eigenvalue weighted by Crippen LogP contribution is 2.38. The highest BCUT2D eigenvalue weighted by atomic mass is 79.9. The summed E-state index contributed by atoms with van der Waals surface area (Å²) in [5.74, 6) is 0.0238. The van der Waals surface area contributed by atoms with Crippen molar-refractivity contribution < 1.29 is 9.53 Å². The molecule has 5 nitrogen and oxygen atoms in total. The molecular formula is C27H22BrN3O2S. The summed E-state index contributed by atoms with van der Waals surface area (Å²) in [6.07, 6.45) is 5.42. The summed E-state index contributed by atoms with van der Waals surface area (Å²) in [6.45, 7) is 2.39. The molecule has 0 spiro atoms. The number of nitrogens with zero attached hydrogens (tertiary/aromatic N) is 2. The first-order valence-electron chi connectivity index (χ1n) is 10.9. The predicted octanol–water partition coefficient (Wildman–Crippen LogP) is 6.69. The highest BCUT2D eigenvalue weighted by molar-refractivity contribution is 9.10. The van der Waals surface area contributed by atoms with Gasteiger partial charge in [-0.25, -0.2) is 0 Å². The zero-order valence-corrected chi connectivity index (χ0v) is 21.1. The third kappa shape index (κ3) is 5.39. The second-order valence-corrected chi connectivity index (χ2v) is 10.1. The number of amides is 1. The third-order valence-electron chi connectivity index (χ3n) is 5.66. The smallest absolute Gasteiger partial charge is 0.266 e. The predicted molar refractivity (Wildman–Crippen MR) is 138 cm³/mol. The van der Waals surface area contributed by atoms with Crippen LogP contribution in [-0.2, 0) is 24.2 Å². The molecule has 0 bridgehead atoms. The molecular weight excluding hydrogens is 510 g/mol. The van der Waals surface area contributed by atoms with Gasteiger partial charge in [0.25, 0.3) is 5.91 Å². The Hall–Kier alpha value is -3.39. The van der Waals surface area contributed by atoms with Gasteiger partial charge in [-0.05, 0) is 68.0 Å². The summed E-state index contributed by atoms with van der Waals surface area (Å²) < 4.78 is 6.81. The van der Waals surface area contributed by atoms with E-state index < -0.39 is 5.91 Å². The number of thiophene rings is 1. The van der Waals surface area contributed by atoms with E-state index in [1.165, 1.54) is 23.0 Å². The Morgan fingerprint density at radius 1 is 1.18 bits per heavy atom. The van der Waals surface area contributed by atoms with Crippen LogP contribution in [0.2, 0.25) is 0 Å². The zero-order valence-electron chi connectivity index (χ0n) is 18.7. The minimum atomic E-state index is -0.540. The fourth-order valence-electron chi connectivity index (χ4n) is 3.86. The first-order chi connectivity index (χ1) is 16.5. The number of hydrogen-bond donors (Lipinski definition) is 1. The van der Waals surface area contributed by atoms with Gasteiger partial charge >= 0.3 is 0 Å². The molecule has 0 atom stereocenters. The largest absolute Gasteiger partial charge is 0.488 e. The number of ether oxygens (including phenoxy) is 1. The summed E-state index contributed by atoms with van der Waals surface area (Å²) in [4.78, 5) is 14.1. The molecule has 0 aliphatic heterocycles. The minimum absolute atomic E-state index is 0.0615. The topological polar surface area (TPSA) is 85.9 Å². The van der Waals surface area contributed by atoms with Gasteiger partial charge in [-0.1, -0.05) is 45.8 Å². The van der Waals surface area contributed by atoms with Crippen molar-refractivity contribution in [3.8, 4) is 17.9 Å². The summed E-state index contributed by atoms with van der Waals surface area (Å²) in [5, 5.41) is 22.7. The van der Waals surface area contributed by atoms with Crippen LogP contribution in [0, 0.1) is 29.6 Å². The third-order valence-corrected chi connectivity index (χ3v) is 7.36. The van der Waals surface area contributed by atoms with Gasteiger partial charge in [0, 0.05) is 14.9 Å². The van der Waals surface area contributed by atoms with Crippen LogP contribution in [0.1, 0.15) is 45.5 Å². The Labute approximate surface area is 211 Å². The molecule has 1 heterocycles. The highest BCUT2D eigenvalue weighted by Gasteiger charge is 2.23. The van der Waals surface area contributed by atoms with E-state index in [0.717, 1.165) is 46.2 Å². The minimum Gasteiger partial charge on any atom is -0.488 e. The summed E-state index contributed by atoms with van der Waals surface area (Å²) in [7, 11) is 0. The quantitative estimate of drug-likeness (QED) is 0.283. The standard InChI is InChI=1S/C27H22BrN3O2S/c1-17-6-8-18(9-7-17)16-33-24-11-10-21(28)13-19(24)12-20(14-29)26(32)31-27-23(15-30)22-4-2-3-5-25(22)34-27/h6-13H,2-5,16H2,1H3,(H,31,32)/b20-12+. The lowest BCUT2D eigenvalue weighted by Gasteiger charge is -2.11. The zero-order chi connectivity index (χ0) is 24.1. The van der Waals surface area contributed by atoms with Gasteiger partial charge in [0.1, 0.15) is 35.1 Å². The lowest BCUT2D eigenvalue weighted by Crippen LogP contribution is -2.13. The van der Waals surface area contributed by atoms with E-state index in [0.29, 0.717) is 28.5 Å². The van der Waals surface area contributed by atoms with Crippen molar-refractivity contribution >= 4 is 44.3 Å². The summed E-state index contributed by atoms with van der Waals surface area (Å²) in [5.41, 5.74) is 4.30. The van der Waals surface area contributed by atoms with Crippen LogP contribution in [0.25, 0.3) is 6.08 Å². The average Bonchev–Trinajstić information content (AvgIpc) is 3.19. The molecule has 0 radical (unpaired) electrons. The van der Waals surface area contributed by atoms with Crippen molar-refractivity contribution in [3.05, 3.63) is 85.2 Å². The van der Waals surface area contributed by atoms with Crippen molar-refractivity contribution in [2.24, 2.45) is 0 Å². The van der Waals surface area contributed by atoms with E-state index in [4.69, 9.17) is 4.74 Å². The van der Waals surface area contributed by atoms with Crippen LogP contribution in [0.5, 0.6) is 5.75 Å². The maximum Gasteiger partial charge on any atom is 0.266 e. The SMILES string of the molecule is Cc1ccc(COc2ccc(Br)cc2/C=C(\C#N)C(=O)Nc2sc3c(c2C#N)CCCC3)cc1. The van der Waals surface area contributed by atoms with Crippen LogP contribution < -0.4 is 10.1 Å². The number of carbonyl (C=O) groups is 1. The van der Waals surface area contributed by atoms with Crippen LogP contribution in [-0.4, -0.2) is 5.91 Å². The molecule has 1 aromatic heterocycles. The van der Waals surface area contributed by atoms with E-state index in [1.807, 2.05) is 43.3 Å². The maximum absolute atomic E-state index is 13.0. The molecule has 1 amide bonds. The molecule has 7 heteroatoms. The number of aryl methyl sites for hydroxylation is 2. The van der Waals surface area contributed by atoms with E-state index in [-0.39, 0.29) is 5.57 Å². The van der Waals surface area contributed by atoms with Crippen LogP contribution >= 0.6 is 27.3 Å². The summed E-state index contributed by atoms with van der Waals surface area (Å²) in [6, 6.07) is 17.8. The van der Waals surface area contributed by atoms with E-state index in [9.17, 15) is 15.3 Å². The number of fused-ring (bicyclic) bond motifs is 1. The van der Waals surface area contributed by atoms with Gasteiger partial charge in [-0.3, -0.25) is 4.79 Å². The fraction of sp³-hybridized carbons (Fsp3) is 0.222. The molecule has 1 aliphatic carbocycles. The maximum atomic E-state index is 13.0. The van der Waals surface area contributed by atoms with E-state index >= 15 is 0 Å². The van der Waals surface area contributed by atoms with Gasteiger partial charge in [-0.2, -0.15) is 10.5 Å². The molecule has 3 aromatic rings. The first-order valence-corrected chi connectivity index (χ1v) is 12.5. The van der Waals surface area contributed by atoms with Gasteiger partial charge in [0.2, 0.25) is 0 Å². The number of hydrogen-bond acceptors (Lipinski definition) is 5. The van der Waals surface area contributed by atoms with Crippen LogP contribution in [0.4, 0.5) is 5.00 Å².